The summed E-state index contributed by atoms with van der Waals surface area (Å²) in [5.41, 5.74) is 1.22. The molecule has 0 spiro atoms. The first kappa shape index (κ1) is 14.3. The van der Waals surface area contributed by atoms with Gasteiger partial charge in [0, 0.05) is 6.54 Å². The lowest BCUT2D eigenvalue weighted by molar-refractivity contribution is -0.191. The van der Waals surface area contributed by atoms with Crippen LogP contribution in [0.1, 0.15) is 19.4 Å². The van der Waals surface area contributed by atoms with E-state index >= 15 is 0 Å². The predicted octanol–water partition coefficient (Wildman–Crippen LogP) is 1.84. The molecule has 0 heterocycles. The van der Waals surface area contributed by atoms with Crippen LogP contribution < -0.4 is 10.2 Å². The fourth-order valence-electron chi connectivity index (χ4n) is 1.49. The van der Waals surface area contributed by atoms with E-state index in [1.165, 1.54) is 5.56 Å². The molecule has 0 radical (unpaired) electrons. The van der Waals surface area contributed by atoms with E-state index in [4.69, 9.17) is 4.52 Å². The standard InChI is InChI=1S/C12H18NO3P/c1-10(2)12(16-17(14)15)13-9-8-11-6-4-3-5-7-11/h3-7,10,12-13H,8-9H2,1-2H3. The van der Waals surface area contributed by atoms with Gasteiger partial charge in [-0.05, 0) is 22.5 Å². The Bertz CT molecular complexity index is 343. The van der Waals surface area contributed by atoms with E-state index in [2.05, 4.69) is 5.32 Å². The summed E-state index contributed by atoms with van der Waals surface area (Å²) < 4.78 is 15.3. The second-order valence-electron chi connectivity index (χ2n) is 4.18. The van der Waals surface area contributed by atoms with Crippen molar-refractivity contribution >= 4 is 8.25 Å². The summed E-state index contributed by atoms with van der Waals surface area (Å²) in [7, 11) is -2.81. The lowest BCUT2D eigenvalue weighted by Gasteiger charge is -2.17. The quantitative estimate of drug-likeness (QED) is 0.596. The molecular formula is C12H18NO3P. The van der Waals surface area contributed by atoms with Crippen molar-refractivity contribution in [1.82, 2.24) is 5.32 Å². The summed E-state index contributed by atoms with van der Waals surface area (Å²) in [4.78, 5) is 10.5. The smallest absolute Gasteiger partial charge is 0.490 e. The van der Waals surface area contributed by atoms with Gasteiger partial charge >= 0.3 is 8.25 Å². The van der Waals surface area contributed by atoms with E-state index in [1.54, 1.807) is 0 Å². The molecule has 94 valence electrons. The predicted molar refractivity (Wildman–Crippen MR) is 65.5 cm³/mol. The maximum absolute atomic E-state index is 10.5. The average Bonchev–Trinajstić information content (AvgIpc) is 2.28. The van der Waals surface area contributed by atoms with Crippen molar-refractivity contribution in [2.24, 2.45) is 5.92 Å². The number of benzene rings is 1. The number of hydrogen-bond donors (Lipinski definition) is 1. The second-order valence-corrected chi connectivity index (χ2v) is 4.84. The molecule has 5 heteroatoms. The summed E-state index contributed by atoms with van der Waals surface area (Å²) in [6, 6.07) is 10.0. The molecule has 0 aromatic heterocycles. The normalized spacial score (nSPS) is 13.8. The van der Waals surface area contributed by atoms with E-state index in [0.29, 0.717) is 6.54 Å². The molecule has 0 fully saturated rings. The van der Waals surface area contributed by atoms with Crippen LogP contribution in [0.3, 0.4) is 0 Å². The van der Waals surface area contributed by atoms with E-state index < -0.39 is 14.5 Å². The molecular weight excluding hydrogens is 237 g/mol. The van der Waals surface area contributed by atoms with Crippen LogP contribution in [0.2, 0.25) is 0 Å². The molecule has 1 aromatic rings. The van der Waals surface area contributed by atoms with Crippen LogP contribution in [0.25, 0.3) is 0 Å². The van der Waals surface area contributed by atoms with Gasteiger partial charge in [-0.15, -0.1) is 4.52 Å². The minimum absolute atomic E-state index is 0.110. The SMILES string of the molecule is CC(C)C(NCCc1ccccc1)O[P+](=O)[O-]. The third-order valence-electron chi connectivity index (χ3n) is 2.41. The molecule has 1 rings (SSSR count). The van der Waals surface area contributed by atoms with Crippen LogP contribution in [-0.2, 0) is 15.5 Å². The summed E-state index contributed by atoms with van der Waals surface area (Å²) in [5.74, 6) is 0.110. The van der Waals surface area contributed by atoms with Gasteiger partial charge in [0.2, 0.25) is 0 Å². The van der Waals surface area contributed by atoms with E-state index in [9.17, 15) is 9.46 Å². The van der Waals surface area contributed by atoms with Gasteiger partial charge in [-0.3, -0.25) is 5.32 Å². The van der Waals surface area contributed by atoms with Crippen LogP contribution in [0.4, 0.5) is 0 Å². The van der Waals surface area contributed by atoms with Gasteiger partial charge in [-0.1, -0.05) is 44.2 Å². The first-order valence-electron chi connectivity index (χ1n) is 5.68. The zero-order valence-electron chi connectivity index (χ0n) is 10.1. The zero-order chi connectivity index (χ0) is 12.7. The van der Waals surface area contributed by atoms with Gasteiger partial charge < -0.3 is 4.89 Å². The van der Waals surface area contributed by atoms with Crippen molar-refractivity contribution in [3.8, 4) is 0 Å². The lowest BCUT2D eigenvalue weighted by Crippen LogP contribution is -2.36. The van der Waals surface area contributed by atoms with Gasteiger partial charge in [0.05, 0.1) is 0 Å². The zero-order valence-corrected chi connectivity index (χ0v) is 11.0. The Hall–Kier alpha value is -0.800. The van der Waals surface area contributed by atoms with E-state index in [1.807, 2.05) is 44.2 Å². The molecule has 4 nitrogen and oxygen atoms in total. The molecule has 0 saturated heterocycles. The summed E-state index contributed by atoms with van der Waals surface area (Å²) in [5, 5.41) is 3.09. The molecule has 17 heavy (non-hydrogen) atoms. The highest BCUT2D eigenvalue weighted by atomic mass is 31.1. The van der Waals surface area contributed by atoms with Crippen LogP contribution in [0, 0.1) is 5.92 Å². The third kappa shape index (κ3) is 5.89. The molecule has 0 amide bonds. The Kier molecular flexibility index (Phi) is 6.30. The highest BCUT2D eigenvalue weighted by Gasteiger charge is 2.20. The second kappa shape index (κ2) is 7.51. The molecule has 1 aromatic carbocycles. The van der Waals surface area contributed by atoms with Crippen LogP contribution >= 0.6 is 8.25 Å². The summed E-state index contributed by atoms with van der Waals surface area (Å²) >= 11 is 0. The average molecular weight is 255 g/mol. The first-order valence-corrected chi connectivity index (χ1v) is 6.77. The molecule has 1 N–H and O–H groups in total. The topological polar surface area (TPSA) is 61.4 Å². The Balaban J connectivity index is 2.35. The van der Waals surface area contributed by atoms with E-state index in [0.717, 1.165) is 6.42 Å². The molecule has 0 saturated carbocycles. The minimum Gasteiger partial charge on any atom is -0.566 e. The van der Waals surface area contributed by atoms with Crippen molar-refractivity contribution in [1.29, 1.82) is 0 Å². The fraction of sp³-hybridized carbons (Fsp3) is 0.500. The van der Waals surface area contributed by atoms with Gasteiger partial charge in [0.15, 0.2) is 6.23 Å². The fourth-order valence-corrected chi connectivity index (χ4v) is 1.99. The number of nitrogens with one attached hydrogen (secondary N) is 1. The minimum atomic E-state index is -2.81. The maximum atomic E-state index is 10.5. The van der Waals surface area contributed by atoms with Gasteiger partial charge in [-0.25, -0.2) is 0 Å². The van der Waals surface area contributed by atoms with Crippen LogP contribution in [0.5, 0.6) is 0 Å². The summed E-state index contributed by atoms with van der Waals surface area (Å²) in [6.45, 7) is 4.52. The molecule has 0 aliphatic rings. The molecule has 0 aliphatic carbocycles. The molecule has 2 unspecified atom stereocenters. The van der Waals surface area contributed by atoms with Gasteiger partial charge in [0.25, 0.3) is 0 Å². The first-order chi connectivity index (χ1) is 8.09. The number of rotatable bonds is 7. The Morgan fingerprint density at radius 1 is 1.35 bits per heavy atom. The maximum Gasteiger partial charge on any atom is 0.490 e. The van der Waals surface area contributed by atoms with Gasteiger partial charge in [0.1, 0.15) is 0 Å². The monoisotopic (exact) mass is 255 g/mol. The van der Waals surface area contributed by atoms with Gasteiger partial charge in [-0.2, -0.15) is 0 Å². The van der Waals surface area contributed by atoms with Crippen molar-refractivity contribution < 1.29 is 14.0 Å². The molecule has 0 bridgehead atoms. The lowest BCUT2D eigenvalue weighted by atomic mass is 10.1. The highest BCUT2D eigenvalue weighted by molar-refractivity contribution is 7.30. The van der Waals surface area contributed by atoms with Crippen molar-refractivity contribution in [2.45, 2.75) is 26.5 Å². The van der Waals surface area contributed by atoms with Crippen molar-refractivity contribution in [3.05, 3.63) is 35.9 Å². The van der Waals surface area contributed by atoms with E-state index in [-0.39, 0.29) is 5.92 Å². The number of hydrogen-bond acceptors (Lipinski definition) is 4. The Morgan fingerprint density at radius 2 is 2.00 bits per heavy atom. The van der Waals surface area contributed by atoms with Crippen LogP contribution in [-0.4, -0.2) is 12.8 Å². The largest absolute Gasteiger partial charge is 0.566 e. The van der Waals surface area contributed by atoms with Crippen LogP contribution in [0.15, 0.2) is 30.3 Å². The third-order valence-corrected chi connectivity index (χ3v) is 2.81. The van der Waals surface area contributed by atoms with Crippen molar-refractivity contribution in [2.75, 3.05) is 6.54 Å². The Labute approximate surface area is 103 Å². The molecule has 0 aliphatic heterocycles. The summed E-state index contributed by atoms with van der Waals surface area (Å²) in [6.07, 6.45) is 0.406. The molecule has 2 atom stereocenters. The highest BCUT2D eigenvalue weighted by Crippen LogP contribution is 2.17. The van der Waals surface area contributed by atoms with Crippen molar-refractivity contribution in [3.63, 3.8) is 0 Å². The Morgan fingerprint density at radius 3 is 2.53 bits per heavy atom.